The van der Waals surface area contributed by atoms with E-state index in [9.17, 15) is 8.42 Å². The highest BCUT2D eigenvalue weighted by molar-refractivity contribution is 7.92. The molecule has 0 radical (unpaired) electrons. The van der Waals surface area contributed by atoms with Crippen molar-refractivity contribution in [3.63, 3.8) is 0 Å². The van der Waals surface area contributed by atoms with E-state index in [0.29, 0.717) is 11.4 Å². The van der Waals surface area contributed by atoms with E-state index >= 15 is 0 Å². The van der Waals surface area contributed by atoms with Crippen molar-refractivity contribution in [2.24, 2.45) is 0 Å². The van der Waals surface area contributed by atoms with Crippen molar-refractivity contribution in [2.75, 3.05) is 4.72 Å². The lowest BCUT2D eigenvalue weighted by molar-refractivity contribution is 0.582. The van der Waals surface area contributed by atoms with Gasteiger partial charge in [-0.1, -0.05) is 29.8 Å². The molecule has 3 aromatic rings. The number of anilines is 1. The molecular weight excluding hydrogens is 298 g/mol. The summed E-state index contributed by atoms with van der Waals surface area (Å²) >= 11 is 0. The SMILES string of the molecule is Cc1ccc(NS(=O)(=O)c2cccc(-c3ccco3)c2)cc1. The normalized spacial score (nSPS) is 11.3. The first-order valence-electron chi connectivity index (χ1n) is 6.78. The molecule has 0 saturated carbocycles. The molecule has 4 nitrogen and oxygen atoms in total. The number of sulfonamides is 1. The maximum absolute atomic E-state index is 12.5. The van der Waals surface area contributed by atoms with E-state index in [0.717, 1.165) is 11.1 Å². The van der Waals surface area contributed by atoms with Crippen LogP contribution in [0.5, 0.6) is 0 Å². The standard InChI is InChI=1S/C17H15NO3S/c1-13-7-9-15(10-8-13)18-22(19,20)16-5-2-4-14(12-16)17-6-3-11-21-17/h2-12,18H,1H3. The van der Waals surface area contributed by atoms with Gasteiger partial charge in [0, 0.05) is 11.3 Å². The quantitative estimate of drug-likeness (QED) is 0.790. The topological polar surface area (TPSA) is 59.3 Å². The lowest BCUT2D eigenvalue weighted by Crippen LogP contribution is -2.12. The molecule has 1 aromatic heterocycles. The number of benzene rings is 2. The molecule has 0 atom stereocenters. The Kier molecular flexibility index (Phi) is 3.73. The molecule has 0 aliphatic heterocycles. The first kappa shape index (κ1) is 14.4. The minimum atomic E-state index is -3.63. The molecule has 0 unspecified atom stereocenters. The Bertz CT molecular complexity index is 867. The van der Waals surface area contributed by atoms with Crippen molar-refractivity contribution in [3.05, 3.63) is 72.5 Å². The maximum atomic E-state index is 12.5. The summed E-state index contributed by atoms with van der Waals surface area (Å²) in [5.74, 6) is 0.632. The molecule has 0 aliphatic rings. The molecule has 5 heteroatoms. The van der Waals surface area contributed by atoms with E-state index in [2.05, 4.69) is 4.72 Å². The fraction of sp³-hybridized carbons (Fsp3) is 0.0588. The maximum Gasteiger partial charge on any atom is 0.261 e. The van der Waals surface area contributed by atoms with Gasteiger partial charge in [0.05, 0.1) is 11.2 Å². The summed E-state index contributed by atoms with van der Waals surface area (Å²) in [6.45, 7) is 1.95. The molecule has 0 fully saturated rings. The third kappa shape index (κ3) is 3.04. The van der Waals surface area contributed by atoms with Crippen LogP contribution in [0, 0.1) is 6.92 Å². The van der Waals surface area contributed by atoms with Crippen LogP contribution in [0.2, 0.25) is 0 Å². The Morgan fingerprint density at radius 3 is 2.41 bits per heavy atom. The second kappa shape index (κ2) is 5.69. The summed E-state index contributed by atoms with van der Waals surface area (Å²) < 4.78 is 32.8. The highest BCUT2D eigenvalue weighted by atomic mass is 32.2. The minimum absolute atomic E-state index is 0.196. The summed E-state index contributed by atoms with van der Waals surface area (Å²) in [6.07, 6.45) is 1.56. The van der Waals surface area contributed by atoms with Crippen LogP contribution in [0.4, 0.5) is 5.69 Å². The van der Waals surface area contributed by atoms with Gasteiger partial charge in [-0.15, -0.1) is 0 Å². The molecular formula is C17H15NO3S. The summed E-state index contributed by atoms with van der Waals surface area (Å²) in [4.78, 5) is 0.196. The summed E-state index contributed by atoms with van der Waals surface area (Å²) in [5, 5.41) is 0. The third-order valence-corrected chi connectivity index (χ3v) is 4.63. The van der Waals surface area contributed by atoms with E-state index in [1.165, 1.54) is 0 Å². The number of furan rings is 1. The van der Waals surface area contributed by atoms with Crippen LogP contribution in [0.25, 0.3) is 11.3 Å². The van der Waals surface area contributed by atoms with Gasteiger partial charge in [-0.2, -0.15) is 0 Å². The monoisotopic (exact) mass is 313 g/mol. The van der Waals surface area contributed by atoms with Crippen LogP contribution in [0.1, 0.15) is 5.56 Å². The Labute approximate surface area is 129 Å². The number of aryl methyl sites for hydroxylation is 1. The van der Waals surface area contributed by atoms with Gasteiger partial charge in [0.2, 0.25) is 0 Å². The molecule has 0 aliphatic carbocycles. The minimum Gasteiger partial charge on any atom is -0.464 e. The number of hydrogen-bond acceptors (Lipinski definition) is 3. The summed E-state index contributed by atoms with van der Waals surface area (Å²) in [5.41, 5.74) is 2.33. The fourth-order valence-corrected chi connectivity index (χ4v) is 3.20. The molecule has 1 N–H and O–H groups in total. The molecule has 3 rings (SSSR count). The first-order valence-corrected chi connectivity index (χ1v) is 8.26. The van der Waals surface area contributed by atoms with E-state index in [4.69, 9.17) is 4.42 Å². The number of rotatable bonds is 4. The van der Waals surface area contributed by atoms with E-state index in [-0.39, 0.29) is 4.90 Å². The number of hydrogen-bond donors (Lipinski definition) is 1. The van der Waals surface area contributed by atoms with Crippen LogP contribution >= 0.6 is 0 Å². The van der Waals surface area contributed by atoms with Gasteiger partial charge in [-0.3, -0.25) is 4.72 Å². The van der Waals surface area contributed by atoms with Gasteiger partial charge in [0.1, 0.15) is 5.76 Å². The predicted octanol–water partition coefficient (Wildman–Crippen LogP) is 4.06. The van der Waals surface area contributed by atoms with Crippen molar-refractivity contribution >= 4 is 15.7 Å². The zero-order valence-corrected chi connectivity index (χ0v) is 12.8. The fourth-order valence-electron chi connectivity index (χ4n) is 2.10. The van der Waals surface area contributed by atoms with E-state index in [1.807, 2.05) is 25.1 Å². The molecule has 22 heavy (non-hydrogen) atoms. The van der Waals surface area contributed by atoms with E-state index < -0.39 is 10.0 Å². The van der Waals surface area contributed by atoms with Gasteiger partial charge < -0.3 is 4.42 Å². The third-order valence-electron chi connectivity index (χ3n) is 3.25. The first-order chi connectivity index (χ1) is 10.5. The molecule has 0 saturated heterocycles. The average molecular weight is 313 g/mol. The van der Waals surface area contributed by atoms with Gasteiger partial charge in [-0.25, -0.2) is 8.42 Å². The second-order valence-electron chi connectivity index (χ2n) is 4.98. The van der Waals surface area contributed by atoms with Crippen molar-refractivity contribution in [2.45, 2.75) is 11.8 Å². The average Bonchev–Trinajstić information content (AvgIpc) is 3.04. The van der Waals surface area contributed by atoms with Crippen molar-refractivity contribution in [1.82, 2.24) is 0 Å². The van der Waals surface area contributed by atoms with Gasteiger partial charge >= 0.3 is 0 Å². The summed E-state index contributed by atoms with van der Waals surface area (Å²) in [6, 6.07) is 17.4. The molecule has 112 valence electrons. The summed E-state index contributed by atoms with van der Waals surface area (Å²) in [7, 11) is -3.63. The molecule has 2 aromatic carbocycles. The molecule has 0 bridgehead atoms. The van der Waals surface area contributed by atoms with Crippen molar-refractivity contribution in [3.8, 4) is 11.3 Å². The van der Waals surface area contributed by atoms with Crippen LogP contribution in [0.3, 0.4) is 0 Å². The Hall–Kier alpha value is -2.53. The Morgan fingerprint density at radius 1 is 0.955 bits per heavy atom. The lowest BCUT2D eigenvalue weighted by atomic mass is 10.2. The van der Waals surface area contributed by atoms with Gasteiger partial charge in [-0.05, 0) is 43.3 Å². The Morgan fingerprint density at radius 2 is 1.73 bits per heavy atom. The molecule has 0 amide bonds. The zero-order valence-electron chi connectivity index (χ0n) is 12.0. The van der Waals surface area contributed by atoms with Gasteiger partial charge in [0.15, 0.2) is 0 Å². The van der Waals surface area contributed by atoms with E-state index in [1.54, 1.807) is 48.7 Å². The highest BCUT2D eigenvalue weighted by Crippen LogP contribution is 2.24. The largest absolute Gasteiger partial charge is 0.464 e. The van der Waals surface area contributed by atoms with Crippen LogP contribution in [0.15, 0.2) is 76.2 Å². The number of nitrogens with one attached hydrogen (secondary N) is 1. The van der Waals surface area contributed by atoms with Crippen molar-refractivity contribution in [1.29, 1.82) is 0 Å². The van der Waals surface area contributed by atoms with Crippen LogP contribution in [-0.2, 0) is 10.0 Å². The second-order valence-corrected chi connectivity index (χ2v) is 6.66. The lowest BCUT2D eigenvalue weighted by Gasteiger charge is -2.09. The smallest absolute Gasteiger partial charge is 0.261 e. The van der Waals surface area contributed by atoms with Crippen molar-refractivity contribution < 1.29 is 12.8 Å². The molecule has 0 spiro atoms. The zero-order chi connectivity index (χ0) is 15.6. The predicted molar refractivity (Wildman–Crippen MR) is 86.1 cm³/mol. The molecule has 1 heterocycles. The highest BCUT2D eigenvalue weighted by Gasteiger charge is 2.15. The Balaban J connectivity index is 1.92. The van der Waals surface area contributed by atoms with Crippen LogP contribution in [-0.4, -0.2) is 8.42 Å². The van der Waals surface area contributed by atoms with Gasteiger partial charge in [0.25, 0.3) is 10.0 Å². The van der Waals surface area contributed by atoms with Crippen LogP contribution < -0.4 is 4.72 Å².